The van der Waals surface area contributed by atoms with Gasteiger partial charge < -0.3 is 24.1 Å². The Labute approximate surface area is 163 Å². The minimum absolute atomic E-state index is 0.108. The molecule has 0 saturated carbocycles. The number of fused-ring (bicyclic) bond motifs is 1. The summed E-state index contributed by atoms with van der Waals surface area (Å²) in [6.45, 7) is 2.78. The number of aryl methyl sites for hydroxylation is 1. The van der Waals surface area contributed by atoms with Crippen molar-refractivity contribution in [2.24, 2.45) is 0 Å². The number of imidazole rings is 1. The summed E-state index contributed by atoms with van der Waals surface area (Å²) < 4.78 is 15.8. The molecule has 1 aromatic carbocycles. The van der Waals surface area contributed by atoms with E-state index in [0.717, 1.165) is 17.0 Å². The van der Waals surface area contributed by atoms with Crippen LogP contribution in [0.1, 0.15) is 30.3 Å². The molecular formula is C20H25N3O5. The Kier molecular flexibility index (Phi) is 6.18. The second-order valence-electron chi connectivity index (χ2n) is 6.51. The minimum atomic E-state index is -0.650. The highest BCUT2D eigenvalue weighted by molar-refractivity contribution is 5.85. The summed E-state index contributed by atoms with van der Waals surface area (Å²) in [7, 11) is 2.92. The van der Waals surface area contributed by atoms with Crippen molar-refractivity contribution in [1.29, 1.82) is 0 Å². The average molecular weight is 387 g/mol. The van der Waals surface area contributed by atoms with Crippen LogP contribution in [0.5, 0.6) is 11.5 Å². The number of amides is 1. The van der Waals surface area contributed by atoms with Gasteiger partial charge in [0, 0.05) is 12.8 Å². The molecule has 1 N–H and O–H groups in total. The molecule has 1 unspecified atom stereocenters. The van der Waals surface area contributed by atoms with Gasteiger partial charge in [0.05, 0.1) is 45.1 Å². The Morgan fingerprint density at radius 1 is 1.29 bits per heavy atom. The lowest BCUT2D eigenvalue weighted by atomic mass is 10.0. The fraction of sp³-hybridized carbons (Fsp3) is 0.450. The lowest BCUT2D eigenvalue weighted by Gasteiger charge is -2.33. The van der Waals surface area contributed by atoms with E-state index >= 15 is 0 Å². The number of rotatable bonds is 7. The molecule has 1 aliphatic rings. The number of aromatic nitrogens is 2. The molecule has 28 heavy (non-hydrogen) atoms. The maximum atomic E-state index is 12.9. The highest BCUT2D eigenvalue weighted by Crippen LogP contribution is 2.29. The molecule has 0 bridgehead atoms. The maximum absolute atomic E-state index is 12.9. The predicted molar refractivity (Wildman–Crippen MR) is 101 cm³/mol. The molecule has 0 spiro atoms. The topological polar surface area (TPSA) is 93.8 Å². The van der Waals surface area contributed by atoms with Crippen LogP contribution in [0.4, 0.5) is 0 Å². The molecule has 0 radical (unpaired) electrons. The fourth-order valence-corrected chi connectivity index (χ4v) is 3.38. The number of aromatic amines is 1. The first-order chi connectivity index (χ1) is 13.6. The van der Waals surface area contributed by atoms with Crippen LogP contribution in [0, 0.1) is 0 Å². The van der Waals surface area contributed by atoms with Crippen LogP contribution in [-0.2, 0) is 33.7 Å². The molecule has 1 aromatic heterocycles. The van der Waals surface area contributed by atoms with Crippen molar-refractivity contribution in [3.05, 3.63) is 41.5 Å². The second-order valence-corrected chi connectivity index (χ2v) is 6.51. The number of hydrogen-bond acceptors (Lipinski definition) is 6. The van der Waals surface area contributed by atoms with Crippen LogP contribution >= 0.6 is 0 Å². The van der Waals surface area contributed by atoms with Gasteiger partial charge in [-0.2, -0.15) is 0 Å². The molecule has 1 aliphatic heterocycles. The second kappa shape index (κ2) is 8.77. The zero-order valence-corrected chi connectivity index (χ0v) is 16.4. The Balaban J connectivity index is 1.70. The maximum Gasteiger partial charge on any atom is 0.329 e. The summed E-state index contributed by atoms with van der Waals surface area (Å²) in [6, 6.07) is 4.99. The molecule has 0 saturated heterocycles. The quantitative estimate of drug-likeness (QED) is 0.729. The number of carbonyl (C=O) groups is 2. The molecule has 150 valence electrons. The van der Waals surface area contributed by atoms with Crippen LogP contribution in [0.2, 0.25) is 0 Å². The highest BCUT2D eigenvalue weighted by atomic mass is 16.5. The van der Waals surface area contributed by atoms with Crippen LogP contribution in [0.15, 0.2) is 24.5 Å². The van der Waals surface area contributed by atoms with Gasteiger partial charge in [0.1, 0.15) is 6.04 Å². The summed E-state index contributed by atoms with van der Waals surface area (Å²) in [4.78, 5) is 33.9. The molecule has 1 atom stereocenters. The number of ether oxygens (including phenoxy) is 3. The van der Waals surface area contributed by atoms with Crippen molar-refractivity contribution in [2.75, 3.05) is 20.8 Å². The zero-order chi connectivity index (χ0) is 20.1. The number of nitrogens with one attached hydrogen (secondary N) is 1. The first kappa shape index (κ1) is 19.7. The molecule has 8 nitrogen and oxygen atoms in total. The summed E-state index contributed by atoms with van der Waals surface area (Å²) in [5.41, 5.74) is 2.62. The SMILES string of the molecule is CCOc1ccc(CCC(=O)N2Cc3[nH]cnc3CC2C(=O)OC)cc1OC. The van der Waals surface area contributed by atoms with Gasteiger partial charge in [-0.25, -0.2) is 9.78 Å². The van der Waals surface area contributed by atoms with Gasteiger partial charge in [0.25, 0.3) is 0 Å². The van der Waals surface area contributed by atoms with Crippen LogP contribution < -0.4 is 9.47 Å². The predicted octanol–water partition coefficient (Wildman–Crippen LogP) is 1.88. The number of carbonyl (C=O) groups excluding carboxylic acids is 2. The third-order valence-electron chi connectivity index (χ3n) is 4.85. The lowest BCUT2D eigenvalue weighted by molar-refractivity contribution is -0.154. The van der Waals surface area contributed by atoms with Gasteiger partial charge in [-0.1, -0.05) is 6.07 Å². The van der Waals surface area contributed by atoms with Gasteiger partial charge in [0.15, 0.2) is 11.5 Å². The fourth-order valence-electron chi connectivity index (χ4n) is 3.38. The van der Waals surface area contributed by atoms with Gasteiger partial charge in [-0.3, -0.25) is 4.79 Å². The van der Waals surface area contributed by atoms with E-state index in [1.807, 2.05) is 25.1 Å². The largest absolute Gasteiger partial charge is 0.493 e. The third kappa shape index (κ3) is 4.11. The van der Waals surface area contributed by atoms with Gasteiger partial charge in [-0.15, -0.1) is 0 Å². The Morgan fingerprint density at radius 3 is 2.82 bits per heavy atom. The lowest BCUT2D eigenvalue weighted by Crippen LogP contribution is -2.49. The smallest absolute Gasteiger partial charge is 0.329 e. The molecule has 2 aromatic rings. The number of benzene rings is 1. The number of hydrogen-bond donors (Lipinski definition) is 1. The molecule has 3 rings (SSSR count). The van der Waals surface area contributed by atoms with Crippen molar-refractivity contribution < 1.29 is 23.8 Å². The minimum Gasteiger partial charge on any atom is -0.493 e. The first-order valence-corrected chi connectivity index (χ1v) is 9.25. The van der Waals surface area contributed by atoms with Gasteiger partial charge >= 0.3 is 5.97 Å². The zero-order valence-electron chi connectivity index (χ0n) is 16.4. The Morgan fingerprint density at radius 2 is 2.11 bits per heavy atom. The van der Waals surface area contributed by atoms with Crippen LogP contribution in [0.25, 0.3) is 0 Å². The Hall–Kier alpha value is -3.03. The van der Waals surface area contributed by atoms with Gasteiger partial charge in [-0.05, 0) is 31.0 Å². The summed E-state index contributed by atoms with van der Waals surface area (Å²) in [5, 5.41) is 0. The van der Waals surface area contributed by atoms with E-state index in [1.165, 1.54) is 7.11 Å². The molecule has 0 aliphatic carbocycles. The number of esters is 1. The van der Waals surface area contributed by atoms with Crippen molar-refractivity contribution in [3.63, 3.8) is 0 Å². The van der Waals surface area contributed by atoms with Gasteiger partial charge in [0.2, 0.25) is 5.91 Å². The summed E-state index contributed by atoms with van der Waals surface area (Å²) in [5.74, 6) is 0.779. The standard InChI is InChI=1S/C20H25N3O5/c1-4-28-17-7-5-13(9-18(17)26-2)6-8-19(24)23-11-15-14(21-12-22-15)10-16(23)20(25)27-3/h5,7,9,12,16H,4,6,8,10-11H2,1-3H3,(H,21,22). The van der Waals surface area contributed by atoms with E-state index in [0.29, 0.717) is 37.5 Å². The van der Waals surface area contributed by atoms with Crippen molar-refractivity contribution in [2.45, 2.75) is 38.8 Å². The first-order valence-electron chi connectivity index (χ1n) is 9.25. The van der Waals surface area contributed by atoms with E-state index in [-0.39, 0.29) is 12.3 Å². The molecule has 1 amide bonds. The van der Waals surface area contributed by atoms with E-state index in [4.69, 9.17) is 14.2 Å². The van der Waals surface area contributed by atoms with E-state index in [1.54, 1.807) is 18.3 Å². The molecule has 8 heteroatoms. The van der Waals surface area contributed by atoms with E-state index in [9.17, 15) is 9.59 Å². The average Bonchev–Trinajstić information content (AvgIpc) is 3.19. The number of methoxy groups -OCH3 is 2. The summed E-state index contributed by atoms with van der Waals surface area (Å²) in [6.07, 6.45) is 2.74. The highest BCUT2D eigenvalue weighted by Gasteiger charge is 2.36. The van der Waals surface area contributed by atoms with E-state index in [2.05, 4.69) is 9.97 Å². The molecule has 2 heterocycles. The summed E-state index contributed by atoms with van der Waals surface area (Å²) >= 11 is 0. The monoisotopic (exact) mass is 387 g/mol. The van der Waals surface area contributed by atoms with Crippen LogP contribution in [0.3, 0.4) is 0 Å². The molecular weight excluding hydrogens is 362 g/mol. The van der Waals surface area contributed by atoms with E-state index < -0.39 is 12.0 Å². The number of nitrogens with zero attached hydrogens (tertiary/aromatic N) is 2. The molecule has 0 fully saturated rings. The van der Waals surface area contributed by atoms with Crippen molar-refractivity contribution >= 4 is 11.9 Å². The van der Waals surface area contributed by atoms with Crippen molar-refractivity contribution in [3.8, 4) is 11.5 Å². The van der Waals surface area contributed by atoms with Crippen LogP contribution in [-0.4, -0.2) is 53.6 Å². The van der Waals surface area contributed by atoms with Crippen molar-refractivity contribution in [1.82, 2.24) is 14.9 Å². The number of H-pyrrole nitrogens is 1. The third-order valence-corrected chi connectivity index (χ3v) is 4.85. The Bertz CT molecular complexity index is 848. The normalized spacial score (nSPS) is 15.7.